The third-order valence-electron chi connectivity index (χ3n) is 4.95. The minimum atomic E-state index is -4.08. The molecule has 0 aliphatic heterocycles. The molecule has 0 aliphatic rings. The molecule has 0 saturated heterocycles. The van der Waals surface area contributed by atoms with E-state index in [-0.39, 0.29) is 28.5 Å². The standard InChI is InChI=1S/C21H20F3N3O5S2/c1-2-10-34(31,32)27(33(29)30)9-3-4-13-11-15(22)20(24)18(19(13)23)21(28)14-5-6-16-17(12-14)26-8-7-25-16/h5-8,11-12,33H,2-4,9-10H2,1H3. The Balaban J connectivity index is 1.89. The maximum absolute atomic E-state index is 15.1. The van der Waals surface area contributed by atoms with Crippen LogP contribution in [0, 0.1) is 17.5 Å². The van der Waals surface area contributed by atoms with Gasteiger partial charge in [-0.2, -0.15) is 0 Å². The van der Waals surface area contributed by atoms with Crippen LogP contribution in [0.3, 0.4) is 0 Å². The number of hydrogen-bond donors (Lipinski definition) is 1. The van der Waals surface area contributed by atoms with Gasteiger partial charge in [0.2, 0.25) is 20.9 Å². The van der Waals surface area contributed by atoms with Crippen molar-refractivity contribution in [3.8, 4) is 0 Å². The summed E-state index contributed by atoms with van der Waals surface area (Å²) in [6.07, 6.45) is 2.43. The topological polar surface area (TPSA) is 114 Å². The maximum atomic E-state index is 15.1. The molecule has 0 bridgehead atoms. The Hall–Kier alpha value is -2.90. The van der Waals surface area contributed by atoms with Gasteiger partial charge in [-0.25, -0.2) is 30.0 Å². The highest BCUT2D eigenvalue weighted by atomic mass is 32.3. The molecule has 0 unspecified atom stereocenters. The lowest BCUT2D eigenvalue weighted by Gasteiger charge is -2.15. The van der Waals surface area contributed by atoms with Crippen LogP contribution in [-0.2, 0) is 27.3 Å². The summed E-state index contributed by atoms with van der Waals surface area (Å²) in [7, 11) is -7.55. The number of benzene rings is 2. The number of sulfonamides is 1. The second kappa shape index (κ2) is 10.6. The predicted octanol–water partition coefficient (Wildman–Crippen LogP) is 2.78. The number of aromatic nitrogens is 2. The molecule has 182 valence electrons. The van der Waals surface area contributed by atoms with Gasteiger partial charge >= 0.3 is 0 Å². The van der Waals surface area contributed by atoms with Crippen LogP contribution in [0.15, 0.2) is 36.7 Å². The number of fused-ring (bicyclic) bond motifs is 1. The molecule has 0 aliphatic carbocycles. The summed E-state index contributed by atoms with van der Waals surface area (Å²) in [5.41, 5.74) is -0.895. The number of thiol groups is 1. The number of ketones is 1. The maximum Gasteiger partial charge on any atom is 0.226 e. The number of carbonyl (C=O) groups is 1. The van der Waals surface area contributed by atoms with E-state index in [0.717, 1.165) is 0 Å². The third-order valence-corrected chi connectivity index (χ3v) is 8.41. The van der Waals surface area contributed by atoms with Gasteiger partial charge in [0.1, 0.15) is 5.82 Å². The van der Waals surface area contributed by atoms with Crippen molar-refractivity contribution in [2.24, 2.45) is 0 Å². The molecule has 0 saturated carbocycles. The van der Waals surface area contributed by atoms with E-state index in [9.17, 15) is 30.4 Å². The predicted molar refractivity (Wildman–Crippen MR) is 119 cm³/mol. The molecule has 8 nitrogen and oxygen atoms in total. The molecule has 0 amide bonds. The van der Waals surface area contributed by atoms with Gasteiger partial charge in [-0.15, -0.1) is 0 Å². The van der Waals surface area contributed by atoms with Crippen molar-refractivity contribution in [1.82, 2.24) is 13.7 Å². The summed E-state index contributed by atoms with van der Waals surface area (Å²) in [5, 5.41) is 0. The van der Waals surface area contributed by atoms with Gasteiger partial charge in [-0.05, 0) is 49.1 Å². The van der Waals surface area contributed by atoms with E-state index >= 15 is 4.39 Å². The summed E-state index contributed by atoms with van der Waals surface area (Å²) < 4.78 is 90.9. The van der Waals surface area contributed by atoms with E-state index in [4.69, 9.17) is 0 Å². The highest BCUT2D eigenvalue weighted by Crippen LogP contribution is 2.25. The average Bonchev–Trinajstić information content (AvgIpc) is 2.79. The van der Waals surface area contributed by atoms with Crippen molar-refractivity contribution < 1.29 is 34.8 Å². The molecule has 3 aromatic rings. The smallest absolute Gasteiger partial charge is 0.226 e. The highest BCUT2D eigenvalue weighted by Gasteiger charge is 2.27. The van der Waals surface area contributed by atoms with Gasteiger partial charge in [-0.1, -0.05) is 10.6 Å². The summed E-state index contributed by atoms with van der Waals surface area (Å²) in [4.78, 5) is 20.9. The molecular weight excluding hydrogens is 495 g/mol. The monoisotopic (exact) mass is 515 g/mol. The fraction of sp³-hybridized carbons (Fsp3) is 0.286. The van der Waals surface area contributed by atoms with Crippen LogP contribution in [0.5, 0.6) is 0 Å². The summed E-state index contributed by atoms with van der Waals surface area (Å²) in [6, 6.07) is 4.55. The molecule has 3 rings (SSSR count). The minimum Gasteiger partial charge on any atom is -0.288 e. The van der Waals surface area contributed by atoms with Crippen molar-refractivity contribution in [3.63, 3.8) is 0 Å². The Morgan fingerprint density at radius 3 is 2.35 bits per heavy atom. The first-order valence-electron chi connectivity index (χ1n) is 10.1. The molecule has 34 heavy (non-hydrogen) atoms. The van der Waals surface area contributed by atoms with Crippen LogP contribution in [-0.4, -0.2) is 48.6 Å². The molecule has 13 heteroatoms. The second-order valence-electron chi connectivity index (χ2n) is 7.31. The molecule has 0 N–H and O–H groups in total. The largest absolute Gasteiger partial charge is 0.288 e. The first-order chi connectivity index (χ1) is 16.1. The zero-order valence-electron chi connectivity index (χ0n) is 17.9. The lowest BCUT2D eigenvalue weighted by atomic mass is 9.97. The van der Waals surface area contributed by atoms with Crippen LogP contribution in [0.2, 0.25) is 0 Å². The molecule has 2 aromatic carbocycles. The van der Waals surface area contributed by atoms with E-state index in [1.54, 1.807) is 6.92 Å². The lowest BCUT2D eigenvalue weighted by Crippen LogP contribution is -2.32. The number of carbonyl (C=O) groups excluding carboxylic acids is 1. The minimum absolute atomic E-state index is 0.137. The van der Waals surface area contributed by atoms with Gasteiger partial charge in [0.25, 0.3) is 0 Å². The van der Waals surface area contributed by atoms with Crippen LogP contribution in [0.25, 0.3) is 11.0 Å². The summed E-state index contributed by atoms with van der Waals surface area (Å²) in [6.45, 7) is 1.05. The second-order valence-corrected chi connectivity index (χ2v) is 10.6. The summed E-state index contributed by atoms with van der Waals surface area (Å²) in [5.74, 6) is -5.95. The molecular formula is C21H20F3N3O5S2. The molecule has 0 atom stereocenters. The first kappa shape index (κ1) is 25.7. The van der Waals surface area contributed by atoms with Crippen LogP contribution in [0.4, 0.5) is 13.2 Å². The lowest BCUT2D eigenvalue weighted by molar-refractivity contribution is 0.102. The zero-order chi connectivity index (χ0) is 25.0. The van der Waals surface area contributed by atoms with Crippen molar-refractivity contribution in [2.75, 3.05) is 12.3 Å². The SMILES string of the molecule is CCCS(=O)(=O)N(CCCc1cc(F)c(F)c(C(=O)c2ccc3nccnc3c2)c1F)[SH](=O)=O. The summed E-state index contributed by atoms with van der Waals surface area (Å²) >= 11 is 0. The van der Waals surface area contributed by atoms with E-state index in [1.807, 2.05) is 0 Å². The average molecular weight is 516 g/mol. The Labute approximate surface area is 195 Å². The fourth-order valence-corrected chi connectivity index (χ4v) is 5.87. The van der Waals surface area contributed by atoms with Gasteiger partial charge < -0.3 is 0 Å². The van der Waals surface area contributed by atoms with Crippen molar-refractivity contribution in [2.45, 2.75) is 26.2 Å². The van der Waals surface area contributed by atoms with Gasteiger partial charge in [0.15, 0.2) is 17.4 Å². The Morgan fingerprint density at radius 1 is 1.03 bits per heavy atom. The highest BCUT2D eigenvalue weighted by molar-refractivity contribution is 7.97. The van der Waals surface area contributed by atoms with E-state index < -0.39 is 67.6 Å². The van der Waals surface area contributed by atoms with Crippen LogP contribution < -0.4 is 0 Å². The van der Waals surface area contributed by atoms with Gasteiger partial charge in [0, 0.05) is 24.5 Å². The molecule has 0 radical (unpaired) electrons. The zero-order valence-corrected chi connectivity index (χ0v) is 19.6. The van der Waals surface area contributed by atoms with Gasteiger partial charge in [0.05, 0.1) is 22.3 Å². The van der Waals surface area contributed by atoms with Crippen molar-refractivity contribution in [3.05, 3.63) is 70.8 Å². The van der Waals surface area contributed by atoms with E-state index in [2.05, 4.69) is 9.97 Å². The van der Waals surface area contributed by atoms with Crippen LogP contribution >= 0.6 is 0 Å². The number of rotatable bonds is 10. The van der Waals surface area contributed by atoms with Crippen molar-refractivity contribution in [1.29, 1.82) is 0 Å². The molecule has 1 heterocycles. The number of halogens is 3. The molecule has 1 aromatic heterocycles. The quantitative estimate of drug-likeness (QED) is 0.251. The first-order valence-corrected chi connectivity index (χ1v) is 12.9. The Morgan fingerprint density at radius 2 is 1.71 bits per heavy atom. The van der Waals surface area contributed by atoms with Gasteiger partial charge in [-0.3, -0.25) is 14.8 Å². The normalized spacial score (nSPS) is 12.1. The van der Waals surface area contributed by atoms with Crippen molar-refractivity contribution >= 4 is 37.7 Å². The van der Waals surface area contributed by atoms with Crippen LogP contribution in [0.1, 0.15) is 41.3 Å². The number of hydrogen-bond acceptors (Lipinski definition) is 7. The number of nitrogens with zero attached hydrogens (tertiary/aromatic N) is 3. The third kappa shape index (κ3) is 5.42. The Kier molecular flexibility index (Phi) is 8.00. The van der Waals surface area contributed by atoms with E-state index in [0.29, 0.717) is 17.1 Å². The Bertz CT molecular complexity index is 1420. The fourth-order valence-electron chi connectivity index (χ4n) is 3.38. The molecule has 0 fully saturated rings. The molecule has 0 spiro atoms. The van der Waals surface area contributed by atoms with E-state index in [1.165, 1.54) is 30.6 Å². The number of aryl methyl sites for hydroxylation is 1.